The van der Waals surface area contributed by atoms with Crippen LogP contribution in [0.1, 0.15) is 12.5 Å². The van der Waals surface area contributed by atoms with Crippen molar-refractivity contribution in [2.75, 3.05) is 19.6 Å². The second-order valence-corrected chi connectivity index (χ2v) is 4.75. The minimum Gasteiger partial charge on any atom is -0.405 e. The summed E-state index contributed by atoms with van der Waals surface area (Å²) in [5, 5.41) is 3.30. The molecule has 3 nitrogen and oxygen atoms in total. The normalized spacial score (nSPS) is 20.3. The van der Waals surface area contributed by atoms with Gasteiger partial charge in [-0.15, -0.1) is 25.6 Å². The third-order valence-electron chi connectivity index (χ3n) is 3.05. The van der Waals surface area contributed by atoms with Crippen LogP contribution in [0.25, 0.3) is 0 Å². The zero-order chi connectivity index (χ0) is 13.9. The zero-order valence-corrected chi connectivity index (χ0v) is 11.9. The summed E-state index contributed by atoms with van der Waals surface area (Å²) < 4.78 is 41.0. The van der Waals surface area contributed by atoms with E-state index in [1.807, 2.05) is 0 Å². The van der Waals surface area contributed by atoms with Gasteiger partial charge in [-0.3, -0.25) is 4.90 Å². The van der Waals surface area contributed by atoms with Crippen molar-refractivity contribution >= 4 is 12.4 Å². The lowest BCUT2D eigenvalue weighted by Crippen LogP contribution is -2.48. The number of hydrogen-bond acceptors (Lipinski definition) is 3. The molecule has 20 heavy (non-hydrogen) atoms. The Kier molecular flexibility index (Phi) is 6.10. The number of benzene rings is 1. The molecule has 1 N–H and O–H groups in total. The number of nitrogens with zero attached hydrogens (tertiary/aromatic N) is 1. The fourth-order valence-corrected chi connectivity index (χ4v) is 2.26. The fraction of sp³-hybridized carbons (Fsp3) is 0.538. The summed E-state index contributed by atoms with van der Waals surface area (Å²) in [4.78, 5) is 2.12. The summed E-state index contributed by atoms with van der Waals surface area (Å²) in [5.41, 5.74) is 0.564. The van der Waals surface area contributed by atoms with Crippen LogP contribution >= 0.6 is 12.4 Å². The fourth-order valence-electron chi connectivity index (χ4n) is 2.26. The summed E-state index contributed by atoms with van der Waals surface area (Å²) in [5.74, 6) is -0.110. The van der Waals surface area contributed by atoms with Crippen LogP contribution in [-0.2, 0) is 6.54 Å². The summed E-state index contributed by atoms with van der Waals surface area (Å²) in [6.45, 7) is 5.02. The molecule has 2 rings (SSSR count). The Bertz CT molecular complexity index is 428. The zero-order valence-electron chi connectivity index (χ0n) is 11.1. The van der Waals surface area contributed by atoms with Gasteiger partial charge < -0.3 is 10.1 Å². The van der Waals surface area contributed by atoms with E-state index in [0.29, 0.717) is 18.2 Å². The molecule has 0 unspecified atom stereocenters. The summed E-state index contributed by atoms with van der Waals surface area (Å²) in [6.07, 6.45) is -4.65. The average molecular weight is 311 g/mol. The predicted octanol–water partition coefficient (Wildman–Crippen LogP) is 2.80. The van der Waals surface area contributed by atoms with E-state index in [-0.39, 0.29) is 18.2 Å². The number of ether oxygens (including phenoxy) is 1. The van der Waals surface area contributed by atoms with Gasteiger partial charge in [-0.2, -0.15) is 0 Å². The van der Waals surface area contributed by atoms with Gasteiger partial charge in [0.05, 0.1) is 0 Å². The predicted molar refractivity (Wildman–Crippen MR) is 73.1 cm³/mol. The van der Waals surface area contributed by atoms with Gasteiger partial charge in [-0.05, 0) is 13.0 Å². The van der Waals surface area contributed by atoms with Crippen molar-refractivity contribution in [2.45, 2.75) is 25.9 Å². The maximum atomic E-state index is 12.3. The third kappa shape index (κ3) is 5.19. The van der Waals surface area contributed by atoms with Crippen molar-refractivity contribution in [3.63, 3.8) is 0 Å². The molecule has 0 saturated carbocycles. The van der Waals surface area contributed by atoms with E-state index < -0.39 is 6.36 Å². The van der Waals surface area contributed by atoms with E-state index in [9.17, 15) is 13.2 Å². The Balaban J connectivity index is 0.00000200. The Hall–Kier alpha value is -0.980. The molecule has 7 heteroatoms. The van der Waals surface area contributed by atoms with Gasteiger partial charge in [0.2, 0.25) is 0 Å². The van der Waals surface area contributed by atoms with Crippen LogP contribution in [-0.4, -0.2) is 36.9 Å². The second kappa shape index (κ2) is 7.15. The molecule has 0 aliphatic carbocycles. The number of halogens is 4. The minimum absolute atomic E-state index is 0. The van der Waals surface area contributed by atoms with Crippen LogP contribution in [0.15, 0.2) is 24.3 Å². The molecular weight excluding hydrogens is 293 g/mol. The Labute approximate surface area is 122 Å². The summed E-state index contributed by atoms with van der Waals surface area (Å²) >= 11 is 0. The van der Waals surface area contributed by atoms with Crippen LogP contribution in [0.2, 0.25) is 0 Å². The molecule has 1 heterocycles. The second-order valence-electron chi connectivity index (χ2n) is 4.75. The van der Waals surface area contributed by atoms with Crippen LogP contribution in [0.3, 0.4) is 0 Å². The van der Waals surface area contributed by atoms with Gasteiger partial charge in [-0.1, -0.05) is 18.2 Å². The van der Waals surface area contributed by atoms with Crippen LogP contribution in [0.4, 0.5) is 13.2 Å². The molecule has 0 aromatic heterocycles. The Morgan fingerprint density at radius 1 is 1.35 bits per heavy atom. The number of nitrogens with one attached hydrogen (secondary N) is 1. The van der Waals surface area contributed by atoms with Gasteiger partial charge in [0.1, 0.15) is 5.75 Å². The standard InChI is InChI=1S/C13H17F3N2O.ClH/c1-10-8-18(7-6-17-10)9-11-4-2-3-5-12(11)19-13(14,15)16;/h2-5,10,17H,6-9H2,1H3;1H/t10-;/m0./s1. The quantitative estimate of drug-likeness (QED) is 0.929. The third-order valence-corrected chi connectivity index (χ3v) is 3.05. The lowest BCUT2D eigenvalue weighted by atomic mass is 10.1. The van der Waals surface area contributed by atoms with Crippen LogP contribution in [0.5, 0.6) is 5.75 Å². The Morgan fingerprint density at radius 2 is 2.05 bits per heavy atom. The lowest BCUT2D eigenvalue weighted by molar-refractivity contribution is -0.275. The van der Waals surface area contributed by atoms with Gasteiger partial charge >= 0.3 is 6.36 Å². The number of alkyl halides is 3. The van der Waals surface area contributed by atoms with Crippen molar-refractivity contribution in [1.29, 1.82) is 0 Å². The molecule has 1 saturated heterocycles. The highest BCUT2D eigenvalue weighted by molar-refractivity contribution is 5.85. The molecule has 0 bridgehead atoms. The van der Waals surface area contributed by atoms with E-state index in [2.05, 4.69) is 21.9 Å². The first-order valence-electron chi connectivity index (χ1n) is 6.23. The molecule has 1 aliphatic rings. The van der Waals surface area contributed by atoms with Gasteiger partial charge in [0, 0.05) is 37.8 Å². The smallest absolute Gasteiger partial charge is 0.405 e. The van der Waals surface area contributed by atoms with E-state index in [0.717, 1.165) is 19.6 Å². The van der Waals surface area contributed by atoms with Gasteiger partial charge in [0.25, 0.3) is 0 Å². The SMILES string of the molecule is C[C@H]1CN(Cc2ccccc2OC(F)(F)F)CCN1.Cl. The molecule has 1 aromatic carbocycles. The minimum atomic E-state index is -4.65. The number of rotatable bonds is 3. The molecule has 0 spiro atoms. The highest BCUT2D eigenvalue weighted by atomic mass is 35.5. The van der Waals surface area contributed by atoms with Crippen LogP contribution in [0, 0.1) is 0 Å². The number of piperazine rings is 1. The largest absolute Gasteiger partial charge is 0.573 e. The van der Waals surface area contributed by atoms with Crippen molar-refractivity contribution < 1.29 is 17.9 Å². The average Bonchev–Trinajstić information content (AvgIpc) is 2.30. The maximum absolute atomic E-state index is 12.3. The van der Waals surface area contributed by atoms with Crippen molar-refractivity contribution in [2.24, 2.45) is 0 Å². The van der Waals surface area contributed by atoms with Crippen molar-refractivity contribution in [3.8, 4) is 5.75 Å². The number of para-hydroxylation sites is 1. The molecule has 1 aromatic rings. The topological polar surface area (TPSA) is 24.5 Å². The Morgan fingerprint density at radius 3 is 2.70 bits per heavy atom. The highest BCUT2D eigenvalue weighted by Gasteiger charge is 2.32. The lowest BCUT2D eigenvalue weighted by Gasteiger charge is -2.32. The molecule has 1 fully saturated rings. The molecule has 1 atom stereocenters. The number of hydrogen-bond donors (Lipinski definition) is 1. The van der Waals surface area contributed by atoms with Gasteiger partial charge in [0.15, 0.2) is 0 Å². The first kappa shape index (κ1) is 17.1. The summed E-state index contributed by atoms with van der Waals surface area (Å²) in [6, 6.07) is 6.65. The first-order valence-corrected chi connectivity index (χ1v) is 6.23. The van der Waals surface area contributed by atoms with Gasteiger partial charge in [-0.25, -0.2) is 0 Å². The molecule has 114 valence electrons. The molecule has 0 amide bonds. The van der Waals surface area contributed by atoms with E-state index >= 15 is 0 Å². The molecular formula is C13H18ClF3N2O. The molecule has 1 aliphatic heterocycles. The molecule has 0 radical (unpaired) electrons. The maximum Gasteiger partial charge on any atom is 0.573 e. The van der Waals surface area contributed by atoms with Crippen molar-refractivity contribution in [1.82, 2.24) is 10.2 Å². The highest BCUT2D eigenvalue weighted by Crippen LogP contribution is 2.27. The first-order chi connectivity index (χ1) is 8.94. The monoisotopic (exact) mass is 310 g/mol. The van der Waals surface area contributed by atoms with E-state index in [4.69, 9.17) is 0 Å². The van der Waals surface area contributed by atoms with E-state index in [1.54, 1.807) is 18.2 Å². The van der Waals surface area contributed by atoms with Crippen LogP contribution < -0.4 is 10.1 Å². The summed E-state index contributed by atoms with van der Waals surface area (Å²) in [7, 11) is 0. The van der Waals surface area contributed by atoms with E-state index in [1.165, 1.54) is 6.07 Å². The van der Waals surface area contributed by atoms with Crippen molar-refractivity contribution in [3.05, 3.63) is 29.8 Å².